The summed E-state index contributed by atoms with van der Waals surface area (Å²) in [6.07, 6.45) is 4.55. The molecule has 17 heavy (non-hydrogen) atoms. The summed E-state index contributed by atoms with van der Waals surface area (Å²) in [5.41, 5.74) is 1.32. The van der Waals surface area contributed by atoms with Gasteiger partial charge in [-0.05, 0) is 18.6 Å². The second-order valence-corrected chi connectivity index (χ2v) is 5.28. The molecule has 90 valence electrons. The van der Waals surface area contributed by atoms with Gasteiger partial charge in [-0.1, -0.05) is 6.07 Å². The van der Waals surface area contributed by atoms with Gasteiger partial charge in [0.1, 0.15) is 4.90 Å². The Morgan fingerprint density at radius 2 is 2.24 bits per heavy atom. The highest BCUT2D eigenvalue weighted by molar-refractivity contribution is 7.89. The Hall–Kier alpha value is -1.73. The van der Waals surface area contributed by atoms with Crippen molar-refractivity contribution >= 4 is 10.0 Å². The molecule has 0 fully saturated rings. The highest BCUT2D eigenvalue weighted by atomic mass is 32.2. The highest BCUT2D eigenvalue weighted by Gasteiger charge is 2.17. The van der Waals surface area contributed by atoms with Gasteiger partial charge in [-0.15, -0.1) is 0 Å². The fourth-order valence-electron chi connectivity index (χ4n) is 1.37. The van der Waals surface area contributed by atoms with E-state index in [0.717, 1.165) is 5.56 Å². The Morgan fingerprint density at radius 1 is 1.41 bits per heavy atom. The molecule has 0 unspecified atom stereocenters. The van der Waals surface area contributed by atoms with Crippen molar-refractivity contribution in [1.82, 2.24) is 19.9 Å². The smallest absolute Gasteiger partial charge is 0.244 e. The fraction of sp³-hybridized carbons (Fsp3) is 0.200. The van der Waals surface area contributed by atoms with E-state index in [2.05, 4.69) is 19.9 Å². The van der Waals surface area contributed by atoms with E-state index in [1.54, 1.807) is 31.5 Å². The second-order valence-electron chi connectivity index (χ2n) is 3.55. The molecule has 7 heteroatoms. The highest BCUT2D eigenvalue weighted by Crippen LogP contribution is 2.11. The van der Waals surface area contributed by atoms with Crippen LogP contribution in [-0.4, -0.2) is 23.6 Å². The van der Waals surface area contributed by atoms with Gasteiger partial charge < -0.3 is 0 Å². The lowest BCUT2D eigenvalue weighted by molar-refractivity contribution is 0.580. The number of H-pyrrole nitrogens is 1. The van der Waals surface area contributed by atoms with Crippen molar-refractivity contribution in [2.24, 2.45) is 0 Å². The van der Waals surface area contributed by atoms with E-state index in [9.17, 15) is 8.42 Å². The lowest BCUT2D eigenvalue weighted by Crippen LogP contribution is -2.23. The summed E-state index contributed by atoms with van der Waals surface area (Å²) in [4.78, 5) is 4.08. The molecule has 0 saturated carbocycles. The van der Waals surface area contributed by atoms with E-state index in [1.165, 1.54) is 6.20 Å². The Bertz CT molecular complexity index is 592. The van der Waals surface area contributed by atoms with Gasteiger partial charge in [0.15, 0.2) is 0 Å². The molecule has 2 N–H and O–H groups in total. The standard InChI is InChI=1S/C10H12N4O2S/c1-8-10(7-12-14-8)17(15,16)13-6-9-3-2-4-11-5-9/h2-5,7,13H,6H2,1H3,(H,12,14). The Labute approximate surface area is 99.1 Å². The van der Waals surface area contributed by atoms with Crippen molar-refractivity contribution < 1.29 is 8.42 Å². The molecule has 0 amide bonds. The summed E-state index contributed by atoms with van der Waals surface area (Å²) in [5, 5.41) is 6.28. The van der Waals surface area contributed by atoms with Gasteiger partial charge in [0.05, 0.1) is 11.9 Å². The number of rotatable bonds is 4. The number of hydrogen-bond donors (Lipinski definition) is 2. The molecule has 2 heterocycles. The van der Waals surface area contributed by atoms with Crippen LogP contribution in [-0.2, 0) is 16.6 Å². The van der Waals surface area contributed by atoms with Crippen molar-refractivity contribution in [2.75, 3.05) is 0 Å². The normalized spacial score (nSPS) is 11.6. The topological polar surface area (TPSA) is 87.7 Å². The number of nitrogens with one attached hydrogen (secondary N) is 2. The van der Waals surface area contributed by atoms with E-state index in [-0.39, 0.29) is 11.4 Å². The van der Waals surface area contributed by atoms with Crippen LogP contribution in [0.3, 0.4) is 0 Å². The molecule has 0 aliphatic heterocycles. The molecule has 2 aromatic heterocycles. The molecule has 0 saturated heterocycles. The van der Waals surface area contributed by atoms with Crippen LogP contribution in [0.15, 0.2) is 35.6 Å². The molecule has 0 bridgehead atoms. The third-order valence-corrected chi connectivity index (χ3v) is 3.78. The fourth-order valence-corrected chi connectivity index (χ4v) is 2.52. The largest absolute Gasteiger partial charge is 0.281 e. The van der Waals surface area contributed by atoms with Crippen molar-refractivity contribution in [3.8, 4) is 0 Å². The SMILES string of the molecule is Cc1[nH]ncc1S(=O)(=O)NCc1cccnc1. The first-order valence-electron chi connectivity index (χ1n) is 4.98. The molecular weight excluding hydrogens is 240 g/mol. The van der Waals surface area contributed by atoms with Gasteiger partial charge >= 0.3 is 0 Å². The van der Waals surface area contributed by atoms with Gasteiger partial charge in [-0.3, -0.25) is 10.1 Å². The predicted molar refractivity (Wildman–Crippen MR) is 61.6 cm³/mol. The van der Waals surface area contributed by atoms with Gasteiger partial charge in [0.25, 0.3) is 0 Å². The van der Waals surface area contributed by atoms with Crippen LogP contribution in [0.25, 0.3) is 0 Å². The van der Waals surface area contributed by atoms with E-state index in [0.29, 0.717) is 5.69 Å². The van der Waals surface area contributed by atoms with E-state index in [1.807, 2.05) is 0 Å². The molecule has 0 aliphatic carbocycles. The summed E-state index contributed by atoms with van der Waals surface area (Å²) in [6, 6.07) is 3.56. The quantitative estimate of drug-likeness (QED) is 0.833. The average Bonchev–Trinajstić information content (AvgIpc) is 2.75. The van der Waals surface area contributed by atoms with Crippen LogP contribution in [0.2, 0.25) is 0 Å². The summed E-state index contributed by atoms with van der Waals surface area (Å²) in [6.45, 7) is 1.87. The summed E-state index contributed by atoms with van der Waals surface area (Å²) >= 11 is 0. The second kappa shape index (κ2) is 4.64. The third-order valence-electron chi connectivity index (χ3n) is 2.26. The van der Waals surface area contributed by atoms with Crippen molar-refractivity contribution in [3.63, 3.8) is 0 Å². The van der Waals surface area contributed by atoms with Gasteiger partial charge in [-0.2, -0.15) is 5.10 Å². The number of aromatic nitrogens is 3. The maximum atomic E-state index is 11.9. The van der Waals surface area contributed by atoms with Gasteiger partial charge in [0, 0.05) is 18.9 Å². The zero-order valence-corrected chi connectivity index (χ0v) is 10.0. The average molecular weight is 252 g/mol. The van der Waals surface area contributed by atoms with Crippen LogP contribution < -0.4 is 4.72 Å². The molecule has 6 nitrogen and oxygen atoms in total. The lowest BCUT2D eigenvalue weighted by Gasteiger charge is -2.05. The number of aryl methyl sites for hydroxylation is 1. The minimum atomic E-state index is -3.52. The van der Waals surface area contributed by atoms with Crippen LogP contribution >= 0.6 is 0 Å². The lowest BCUT2D eigenvalue weighted by atomic mass is 10.3. The van der Waals surface area contributed by atoms with E-state index >= 15 is 0 Å². The molecule has 0 aliphatic rings. The predicted octanol–water partition coefficient (Wildman–Crippen LogP) is 0.592. The zero-order chi connectivity index (χ0) is 12.3. The maximum Gasteiger partial charge on any atom is 0.244 e. The first-order valence-corrected chi connectivity index (χ1v) is 6.46. The van der Waals surface area contributed by atoms with Crippen LogP contribution in [0, 0.1) is 6.92 Å². The monoisotopic (exact) mass is 252 g/mol. The molecule has 0 aromatic carbocycles. The summed E-state index contributed by atoms with van der Waals surface area (Å²) in [7, 11) is -3.52. The number of pyridine rings is 1. The summed E-state index contributed by atoms with van der Waals surface area (Å²) < 4.78 is 26.3. The maximum absolute atomic E-state index is 11.9. The Balaban J connectivity index is 2.12. The Morgan fingerprint density at radius 3 is 2.82 bits per heavy atom. The number of nitrogens with zero attached hydrogens (tertiary/aromatic N) is 2. The molecule has 0 radical (unpaired) electrons. The summed E-state index contributed by atoms with van der Waals surface area (Å²) in [5.74, 6) is 0. The third kappa shape index (κ3) is 2.69. The van der Waals surface area contributed by atoms with Gasteiger partial charge in [0.2, 0.25) is 10.0 Å². The molecule has 0 spiro atoms. The minimum Gasteiger partial charge on any atom is -0.281 e. The van der Waals surface area contributed by atoms with Crippen LogP contribution in [0.4, 0.5) is 0 Å². The van der Waals surface area contributed by atoms with E-state index < -0.39 is 10.0 Å². The van der Waals surface area contributed by atoms with E-state index in [4.69, 9.17) is 0 Å². The van der Waals surface area contributed by atoms with Crippen LogP contribution in [0.1, 0.15) is 11.3 Å². The number of hydrogen-bond acceptors (Lipinski definition) is 4. The molecular formula is C10H12N4O2S. The van der Waals surface area contributed by atoms with Crippen molar-refractivity contribution in [3.05, 3.63) is 42.0 Å². The molecule has 0 atom stereocenters. The number of sulfonamides is 1. The van der Waals surface area contributed by atoms with Gasteiger partial charge in [-0.25, -0.2) is 13.1 Å². The van der Waals surface area contributed by atoms with Crippen molar-refractivity contribution in [1.29, 1.82) is 0 Å². The minimum absolute atomic E-state index is 0.168. The van der Waals surface area contributed by atoms with Crippen LogP contribution in [0.5, 0.6) is 0 Å². The van der Waals surface area contributed by atoms with Crippen molar-refractivity contribution in [2.45, 2.75) is 18.4 Å². The zero-order valence-electron chi connectivity index (χ0n) is 9.21. The number of aromatic amines is 1. The molecule has 2 rings (SSSR count). The molecule has 2 aromatic rings. The first-order chi connectivity index (χ1) is 8.09. The Kier molecular flexibility index (Phi) is 3.21. The first kappa shape index (κ1) is 11.7.